The molecule has 4 heteroatoms. The molecule has 2 amide bonds. The Bertz CT molecular complexity index is 221. The highest BCUT2D eigenvalue weighted by molar-refractivity contribution is 5.74. The molecule has 0 saturated carbocycles. The van der Waals surface area contributed by atoms with Gasteiger partial charge >= 0.3 is 6.03 Å². The molecule has 0 aromatic carbocycles. The van der Waals surface area contributed by atoms with Gasteiger partial charge in [0, 0.05) is 33.3 Å². The molecule has 1 unspecified atom stereocenters. The average molecular weight is 228 g/mol. The van der Waals surface area contributed by atoms with E-state index in [2.05, 4.69) is 6.92 Å². The number of rotatable bonds is 4. The molecule has 0 aromatic heterocycles. The molecule has 0 radical (unpaired) electrons. The lowest BCUT2D eigenvalue weighted by atomic mass is 10.1. The summed E-state index contributed by atoms with van der Waals surface area (Å²) < 4.78 is 5.71. The van der Waals surface area contributed by atoms with Crippen LogP contribution >= 0.6 is 0 Å². The summed E-state index contributed by atoms with van der Waals surface area (Å²) in [5, 5.41) is 0. The van der Waals surface area contributed by atoms with Crippen LogP contribution in [0.5, 0.6) is 0 Å². The molecule has 0 N–H and O–H groups in total. The SMILES string of the molecule is CCCOC1CCCN(C(=O)N(C)CC)C1. The van der Waals surface area contributed by atoms with E-state index >= 15 is 0 Å². The van der Waals surface area contributed by atoms with Crippen LogP contribution in [0.1, 0.15) is 33.1 Å². The Morgan fingerprint density at radius 2 is 2.25 bits per heavy atom. The van der Waals surface area contributed by atoms with Gasteiger partial charge in [-0.2, -0.15) is 0 Å². The molecule has 4 nitrogen and oxygen atoms in total. The Morgan fingerprint density at radius 3 is 2.88 bits per heavy atom. The number of hydrogen-bond donors (Lipinski definition) is 0. The second-order valence-corrected chi connectivity index (χ2v) is 4.38. The highest BCUT2D eigenvalue weighted by atomic mass is 16.5. The van der Waals surface area contributed by atoms with E-state index < -0.39 is 0 Å². The average Bonchev–Trinajstić information content (AvgIpc) is 2.34. The summed E-state index contributed by atoms with van der Waals surface area (Å²) in [6.07, 6.45) is 3.42. The maximum atomic E-state index is 11.9. The van der Waals surface area contributed by atoms with Crippen molar-refractivity contribution >= 4 is 6.03 Å². The van der Waals surface area contributed by atoms with Crippen LogP contribution in [0.3, 0.4) is 0 Å². The molecule has 94 valence electrons. The number of carbonyl (C=O) groups excluding carboxylic acids is 1. The molecular formula is C12H24N2O2. The van der Waals surface area contributed by atoms with E-state index in [4.69, 9.17) is 4.74 Å². The third-order valence-electron chi connectivity index (χ3n) is 3.01. The zero-order valence-electron chi connectivity index (χ0n) is 10.7. The van der Waals surface area contributed by atoms with Gasteiger partial charge in [-0.1, -0.05) is 6.92 Å². The number of urea groups is 1. The number of likely N-dealkylation sites (tertiary alicyclic amines) is 1. The second kappa shape index (κ2) is 6.74. The summed E-state index contributed by atoms with van der Waals surface area (Å²) in [4.78, 5) is 15.6. The number of amides is 2. The first-order chi connectivity index (χ1) is 7.69. The minimum absolute atomic E-state index is 0.132. The largest absolute Gasteiger partial charge is 0.376 e. The summed E-state index contributed by atoms with van der Waals surface area (Å²) in [6, 6.07) is 0.132. The predicted molar refractivity (Wildman–Crippen MR) is 64.5 cm³/mol. The number of hydrogen-bond acceptors (Lipinski definition) is 2. The van der Waals surface area contributed by atoms with Crippen molar-refractivity contribution in [2.45, 2.75) is 39.2 Å². The van der Waals surface area contributed by atoms with Crippen molar-refractivity contribution in [3.05, 3.63) is 0 Å². The first-order valence-corrected chi connectivity index (χ1v) is 6.30. The normalized spacial score (nSPS) is 20.9. The van der Waals surface area contributed by atoms with E-state index in [1.807, 2.05) is 18.9 Å². The van der Waals surface area contributed by atoms with Gasteiger partial charge in [0.05, 0.1) is 6.10 Å². The van der Waals surface area contributed by atoms with Crippen molar-refractivity contribution in [1.82, 2.24) is 9.80 Å². The van der Waals surface area contributed by atoms with E-state index in [1.54, 1.807) is 4.90 Å². The van der Waals surface area contributed by atoms with Gasteiger partial charge in [0.2, 0.25) is 0 Å². The molecule has 0 aromatic rings. The molecule has 1 rings (SSSR count). The van der Waals surface area contributed by atoms with Crippen LogP contribution < -0.4 is 0 Å². The minimum Gasteiger partial charge on any atom is -0.376 e. The first-order valence-electron chi connectivity index (χ1n) is 6.30. The molecule has 1 aliphatic rings. The summed E-state index contributed by atoms with van der Waals surface area (Å²) >= 11 is 0. The quantitative estimate of drug-likeness (QED) is 0.736. The van der Waals surface area contributed by atoms with Gasteiger partial charge in [0.1, 0.15) is 0 Å². The van der Waals surface area contributed by atoms with E-state index in [0.717, 1.165) is 45.5 Å². The van der Waals surface area contributed by atoms with Crippen LogP contribution in [0.4, 0.5) is 4.79 Å². The highest BCUT2D eigenvalue weighted by Crippen LogP contribution is 2.14. The number of nitrogens with zero attached hydrogens (tertiary/aromatic N) is 2. The molecule has 1 fully saturated rings. The molecule has 1 heterocycles. The molecule has 16 heavy (non-hydrogen) atoms. The molecule has 0 bridgehead atoms. The summed E-state index contributed by atoms with van der Waals surface area (Å²) in [5.41, 5.74) is 0. The van der Waals surface area contributed by atoms with Crippen LogP contribution in [-0.2, 0) is 4.74 Å². The van der Waals surface area contributed by atoms with Crippen molar-refractivity contribution in [2.24, 2.45) is 0 Å². The van der Waals surface area contributed by atoms with Crippen LogP contribution in [0.15, 0.2) is 0 Å². The summed E-state index contributed by atoms with van der Waals surface area (Å²) in [7, 11) is 1.85. The molecule has 0 spiro atoms. The fraction of sp³-hybridized carbons (Fsp3) is 0.917. The third-order valence-corrected chi connectivity index (χ3v) is 3.01. The summed E-state index contributed by atoms with van der Waals surface area (Å²) in [6.45, 7) is 7.29. The van der Waals surface area contributed by atoms with Crippen molar-refractivity contribution in [3.8, 4) is 0 Å². The minimum atomic E-state index is 0.132. The van der Waals surface area contributed by atoms with Crippen molar-refractivity contribution in [1.29, 1.82) is 0 Å². The zero-order chi connectivity index (χ0) is 12.0. The van der Waals surface area contributed by atoms with Gasteiger partial charge in [-0.3, -0.25) is 0 Å². The highest BCUT2D eigenvalue weighted by Gasteiger charge is 2.25. The van der Waals surface area contributed by atoms with Gasteiger partial charge in [-0.15, -0.1) is 0 Å². The standard InChI is InChI=1S/C12H24N2O2/c1-4-9-16-11-7-6-8-14(10-11)12(15)13(3)5-2/h11H,4-10H2,1-3H3. The Balaban J connectivity index is 2.40. The molecule has 1 saturated heterocycles. The van der Waals surface area contributed by atoms with Gasteiger partial charge in [-0.05, 0) is 26.2 Å². The second-order valence-electron chi connectivity index (χ2n) is 4.38. The smallest absolute Gasteiger partial charge is 0.319 e. The number of piperidine rings is 1. The maximum Gasteiger partial charge on any atom is 0.319 e. The molecule has 0 aliphatic carbocycles. The van der Waals surface area contributed by atoms with Crippen LogP contribution in [0.25, 0.3) is 0 Å². The Morgan fingerprint density at radius 1 is 1.50 bits per heavy atom. The summed E-state index contributed by atoms with van der Waals surface area (Å²) in [5.74, 6) is 0. The van der Waals surface area contributed by atoms with E-state index in [9.17, 15) is 4.79 Å². The van der Waals surface area contributed by atoms with Crippen LogP contribution in [-0.4, -0.2) is 55.2 Å². The van der Waals surface area contributed by atoms with Gasteiger partial charge < -0.3 is 14.5 Å². The third kappa shape index (κ3) is 3.67. The van der Waals surface area contributed by atoms with Crippen LogP contribution in [0.2, 0.25) is 0 Å². The fourth-order valence-electron chi connectivity index (χ4n) is 1.91. The van der Waals surface area contributed by atoms with Crippen molar-refractivity contribution in [3.63, 3.8) is 0 Å². The maximum absolute atomic E-state index is 11.9. The number of carbonyl (C=O) groups is 1. The fourth-order valence-corrected chi connectivity index (χ4v) is 1.91. The lowest BCUT2D eigenvalue weighted by Gasteiger charge is -2.34. The molecule has 1 aliphatic heterocycles. The lowest BCUT2D eigenvalue weighted by molar-refractivity contribution is 0.00668. The Kier molecular flexibility index (Phi) is 5.60. The monoisotopic (exact) mass is 228 g/mol. The van der Waals surface area contributed by atoms with E-state index in [1.165, 1.54) is 0 Å². The van der Waals surface area contributed by atoms with Gasteiger partial charge in [-0.25, -0.2) is 4.79 Å². The number of ether oxygens (including phenoxy) is 1. The first kappa shape index (κ1) is 13.3. The zero-order valence-corrected chi connectivity index (χ0v) is 10.7. The molecule has 1 atom stereocenters. The predicted octanol–water partition coefficient (Wildman–Crippen LogP) is 1.95. The Hall–Kier alpha value is -0.770. The van der Waals surface area contributed by atoms with Gasteiger partial charge in [0.25, 0.3) is 0 Å². The topological polar surface area (TPSA) is 32.8 Å². The van der Waals surface area contributed by atoms with E-state index in [-0.39, 0.29) is 12.1 Å². The Labute approximate surface area is 98.5 Å². The van der Waals surface area contributed by atoms with Crippen molar-refractivity contribution < 1.29 is 9.53 Å². The van der Waals surface area contributed by atoms with Crippen LogP contribution in [0, 0.1) is 0 Å². The lowest BCUT2D eigenvalue weighted by Crippen LogP contribution is -2.48. The van der Waals surface area contributed by atoms with Crippen molar-refractivity contribution in [2.75, 3.05) is 33.3 Å². The van der Waals surface area contributed by atoms with E-state index in [0.29, 0.717) is 0 Å². The molecular weight excluding hydrogens is 204 g/mol. The van der Waals surface area contributed by atoms with Gasteiger partial charge in [0.15, 0.2) is 0 Å².